The minimum atomic E-state index is -0.754. The topological polar surface area (TPSA) is 230 Å². The zero-order chi connectivity index (χ0) is 47.2. The molecule has 0 aliphatic carbocycles. The van der Waals surface area contributed by atoms with Crippen molar-refractivity contribution in [2.75, 3.05) is 43.4 Å². The summed E-state index contributed by atoms with van der Waals surface area (Å²) < 4.78 is 0. The minimum Gasteiger partial charge on any atom is -0.481 e. The number of carboxylic acid groups (broad SMARTS) is 1. The van der Waals surface area contributed by atoms with E-state index in [4.69, 9.17) is 28.0 Å². The number of aromatic nitrogens is 3. The summed E-state index contributed by atoms with van der Waals surface area (Å²) in [5, 5.41) is 19.0. The second kappa shape index (κ2) is 26.3. The number of H-pyrrole nitrogens is 3. The molecule has 1 amide bonds. The molecule has 67 heavy (non-hydrogen) atoms. The third kappa shape index (κ3) is 14.6. The van der Waals surface area contributed by atoms with Crippen LogP contribution in [0, 0.1) is 0 Å². The molecule has 0 spiro atoms. The van der Waals surface area contributed by atoms with E-state index in [-0.39, 0.29) is 12.3 Å². The molecule has 5 heterocycles. The number of hydrogen-bond donors (Lipinski definition) is 10. The molecular formula is C55H69N9O3. The van der Waals surface area contributed by atoms with Gasteiger partial charge in [0.1, 0.15) is 0 Å². The molecule has 0 fully saturated rings. The monoisotopic (exact) mass is 904 g/mol. The van der Waals surface area contributed by atoms with Crippen molar-refractivity contribution in [1.82, 2.24) is 15.0 Å². The molecule has 2 unspecified atom stereocenters. The predicted molar refractivity (Wildman–Crippen MR) is 278 cm³/mol. The number of amides is 1. The number of rotatable bonds is 15. The number of hydrogen-bond acceptors (Lipinski definition) is 7. The number of benzene rings is 5. The first-order chi connectivity index (χ1) is 32.8. The highest BCUT2D eigenvalue weighted by atomic mass is 16.4. The van der Waals surface area contributed by atoms with Gasteiger partial charge in [-0.1, -0.05) is 91.0 Å². The summed E-state index contributed by atoms with van der Waals surface area (Å²) in [5.41, 5.74) is 34.1. The van der Waals surface area contributed by atoms with Gasteiger partial charge in [0.25, 0.3) is 0 Å². The van der Waals surface area contributed by atoms with E-state index in [0.717, 1.165) is 86.0 Å². The van der Waals surface area contributed by atoms with Gasteiger partial charge in [0.05, 0.1) is 0 Å². The number of para-hydroxylation sites is 5. The standard InChI is InChI=1S/C11H12N2O.2C11H16N2.C11H14N2.C11H11NO2/c12-11(14)6-5-8-7-13-10-4-2-1-3-9(8)10;3*12-7-3-4-9-8-13-11-6-2-1-5-10(9)11;13-11(14)6-5-8-7-12-10-4-2-1-3-9(8)10/h1-4,7,13H,5-6H2,(H2,12,14);2*1-2,5-6,9,13H,3-4,7-8,12H2;1-2,5-6,8,13H,3-4,7,12H2;1-4,7,12H,5-6H2,(H,13,14). The first-order valence-electron chi connectivity index (χ1n) is 23.7. The maximum atomic E-state index is 10.6. The molecule has 2 aliphatic heterocycles. The highest BCUT2D eigenvalue weighted by molar-refractivity contribution is 5.85. The fourth-order valence-electron chi connectivity index (χ4n) is 8.77. The quantitative estimate of drug-likeness (QED) is 0.0475. The number of nitrogens with two attached hydrogens (primary N) is 4. The number of fused-ring (bicyclic) bond motifs is 5. The normalized spacial score (nSPS) is 14.1. The van der Waals surface area contributed by atoms with Gasteiger partial charge >= 0.3 is 5.97 Å². The predicted octanol–water partition coefficient (Wildman–Crippen LogP) is 9.70. The molecule has 352 valence electrons. The Kier molecular flexibility index (Phi) is 19.5. The van der Waals surface area contributed by atoms with Crippen molar-refractivity contribution in [3.8, 4) is 0 Å². The molecular weight excluding hydrogens is 835 g/mol. The molecule has 0 bridgehead atoms. The molecule has 5 aromatic carbocycles. The van der Waals surface area contributed by atoms with Gasteiger partial charge in [-0.3, -0.25) is 9.59 Å². The van der Waals surface area contributed by atoms with Crippen molar-refractivity contribution < 1.29 is 14.7 Å². The maximum Gasteiger partial charge on any atom is 0.303 e. The van der Waals surface area contributed by atoms with Crippen LogP contribution in [0.15, 0.2) is 140 Å². The number of anilines is 2. The average Bonchev–Trinajstić information content (AvgIpc) is 4.22. The molecule has 14 N–H and O–H groups in total. The van der Waals surface area contributed by atoms with Crippen molar-refractivity contribution in [1.29, 1.82) is 0 Å². The van der Waals surface area contributed by atoms with Gasteiger partial charge in [0.2, 0.25) is 5.91 Å². The molecule has 2 aliphatic rings. The van der Waals surface area contributed by atoms with Crippen LogP contribution in [0.5, 0.6) is 0 Å². The van der Waals surface area contributed by atoms with Crippen LogP contribution in [0.3, 0.4) is 0 Å². The van der Waals surface area contributed by atoms with Gasteiger partial charge in [0, 0.05) is 100 Å². The summed E-state index contributed by atoms with van der Waals surface area (Å²) in [6, 6.07) is 41.4. The fourth-order valence-corrected chi connectivity index (χ4v) is 8.77. The van der Waals surface area contributed by atoms with Crippen molar-refractivity contribution in [2.24, 2.45) is 22.9 Å². The lowest BCUT2D eigenvalue weighted by Crippen LogP contribution is -2.10. The van der Waals surface area contributed by atoms with Crippen LogP contribution in [0.25, 0.3) is 32.7 Å². The largest absolute Gasteiger partial charge is 0.481 e. The van der Waals surface area contributed by atoms with Crippen LogP contribution >= 0.6 is 0 Å². The molecule has 0 saturated carbocycles. The SMILES string of the molecule is NC(=O)CCc1c[nH]c2ccccc12.NCCCC1CNc2ccccc21.NCCCC1CNc2ccccc21.NCCCc1c[nH]c2ccccc12.O=C(O)CCc1c[nH]c2ccccc12. The van der Waals surface area contributed by atoms with Crippen LogP contribution in [0.4, 0.5) is 11.4 Å². The highest BCUT2D eigenvalue weighted by Gasteiger charge is 2.21. The second-order valence-electron chi connectivity index (χ2n) is 17.0. The molecule has 12 heteroatoms. The Morgan fingerprint density at radius 3 is 1.27 bits per heavy atom. The van der Waals surface area contributed by atoms with Crippen LogP contribution < -0.4 is 33.6 Å². The molecule has 2 atom stereocenters. The lowest BCUT2D eigenvalue weighted by molar-refractivity contribution is -0.137. The third-order valence-corrected chi connectivity index (χ3v) is 12.3. The van der Waals surface area contributed by atoms with Crippen molar-refractivity contribution in [3.05, 3.63) is 168 Å². The van der Waals surface area contributed by atoms with E-state index in [1.807, 2.05) is 67.0 Å². The molecule has 10 rings (SSSR count). The van der Waals surface area contributed by atoms with Gasteiger partial charge in [-0.15, -0.1) is 0 Å². The van der Waals surface area contributed by atoms with Gasteiger partial charge < -0.3 is 53.6 Å². The molecule has 0 saturated heterocycles. The van der Waals surface area contributed by atoms with Crippen LogP contribution in [-0.4, -0.2) is 64.7 Å². The van der Waals surface area contributed by atoms with Gasteiger partial charge in [-0.25, -0.2) is 0 Å². The van der Waals surface area contributed by atoms with Crippen molar-refractivity contribution in [2.45, 2.75) is 76.0 Å². The van der Waals surface area contributed by atoms with E-state index in [2.05, 4.69) is 98.5 Å². The first kappa shape index (κ1) is 49.6. The van der Waals surface area contributed by atoms with Crippen LogP contribution in [-0.2, 0) is 28.9 Å². The molecule has 0 radical (unpaired) electrons. The zero-order valence-corrected chi connectivity index (χ0v) is 38.6. The molecule has 12 nitrogen and oxygen atoms in total. The number of carbonyl (C=O) groups excluding carboxylic acids is 1. The van der Waals surface area contributed by atoms with Gasteiger partial charge in [-0.2, -0.15) is 0 Å². The number of carboxylic acids is 1. The summed E-state index contributed by atoms with van der Waals surface area (Å²) in [4.78, 5) is 30.6. The van der Waals surface area contributed by atoms with E-state index in [0.29, 0.717) is 31.1 Å². The molecule has 3 aromatic heterocycles. The van der Waals surface area contributed by atoms with E-state index >= 15 is 0 Å². The third-order valence-electron chi connectivity index (χ3n) is 12.3. The fraction of sp³-hybridized carbons (Fsp3) is 0.309. The second-order valence-corrected chi connectivity index (χ2v) is 17.0. The van der Waals surface area contributed by atoms with Crippen molar-refractivity contribution >= 4 is 56.0 Å². The molecule has 8 aromatic rings. The van der Waals surface area contributed by atoms with Crippen LogP contribution in [0.1, 0.15) is 84.6 Å². The Hall–Kier alpha value is -6.86. The number of aromatic amines is 3. The summed E-state index contributed by atoms with van der Waals surface area (Å²) in [5.74, 6) is 0.352. The number of primary amides is 1. The van der Waals surface area contributed by atoms with E-state index in [1.54, 1.807) is 0 Å². The van der Waals surface area contributed by atoms with E-state index in [1.165, 1.54) is 57.2 Å². The van der Waals surface area contributed by atoms with Crippen molar-refractivity contribution in [3.63, 3.8) is 0 Å². The van der Waals surface area contributed by atoms with E-state index < -0.39 is 5.97 Å². The average molecular weight is 904 g/mol. The number of nitrogens with one attached hydrogen (secondary N) is 5. The van der Waals surface area contributed by atoms with Gasteiger partial charge in [0.15, 0.2) is 0 Å². The Morgan fingerprint density at radius 1 is 0.493 bits per heavy atom. The Morgan fingerprint density at radius 2 is 0.866 bits per heavy atom. The van der Waals surface area contributed by atoms with Crippen LogP contribution in [0.2, 0.25) is 0 Å². The Bertz CT molecular complexity index is 2590. The Labute approximate surface area is 394 Å². The highest BCUT2D eigenvalue weighted by Crippen LogP contribution is 2.34. The first-order valence-corrected chi connectivity index (χ1v) is 23.7. The lowest BCUT2D eigenvalue weighted by atomic mass is 9.96. The maximum absolute atomic E-state index is 10.6. The summed E-state index contributed by atoms with van der Waals surface area (Å²) in [6.07, 6.45) is 14.6. The number of aryl methyl sites for hydroxylation is 3. The Balaban J connectivity index is 0.000000138. The lowest BCUT2D eigenvalue weighted by Gasteiger charge is -2.08. The number of aliphatic carboxylic acids is 1. The smallest absolute Gasteiger partial charge is 0.303 e. The van der Waals surface area contributed by atoms with E-state index in [9.17, 15) is 9.59 Å². The minimum absolute atomic E-state index is 0.182. The zero-order valence-electron chi connectivity index (χ0n) is 38.6. The summed E-state index contributed by atoms with van der Waals surface area (Å²) in [7, 11) is 0. The van der Waals surface area contributed by atoms with Gasteiger partial charge in [-0.05, 0) is 129 Å². The number of carbonyl (C=O) groups is 2. The summed E-state index contributed by atoms with van der Waals surface area (Å²) >= 11 is 0. The summed E-state index contributed by atoms with van der Waals surface area (Å²) in [6.45, 7) is 4.54.